The van der Waals surface area contributed by atoms with Crippen LogP contribution >= 0.6 is 0 Å². The van der Waals surface area contributed by atoms with Gasteiger partial charge < -0.3 is 38.1 Å². The first-order chi connectivity index (χ1) is 35.2. The Morgan fingerprint density at radius 3 is 1.99 bits per heavy atom. The van der Waals surface area contributed by atoms with E-state index < -0.39 is 92.3 Å². The highest BCUT2D eigenvalue weighted by Gasteiger charge is 2.53. The van der Waals surface area contributed by atoms with Crippen molar-refractivity contribution in [3.05, 3.63) is 155 Å². The maximum atomic E-state index is 14.6. The molecule has 8 atom stereocenters. The minimum Gasteiger partial charge on any atom is -0.489 e. The molecule has 2 heterocycles. The molecule has 2 saturated heterocycles. The summed E-state index contributed by atoms with van der Waals surface area (Å²) >= 11 is 0. The van der Waals surface area contributed by atoms with Crippen LogP contribution in [-0.2, 0) is 63.8 Å². The standard InChI is InChI=1S/C58H60FNO13Si/c1-35(61)67-34-52-55(70-37(3)63)57(72-39(5)65)56(71-38(4)64)54(73-52)45-16-12-15-43(31-45)44-21-26-48(51(32-44)68-33-41-13-10-9-11-14-41)53-49(27-28-50(69-36(2)62)42-19-22-46(59)23-20-42)58(66)60(53)47-24-17-40(18-25-47)29-30-74(6,7)8/h9-26,31-32,49-50,52-57H,27-28,33-34H2,1-8H3/t49-,50+,52-,53-,54+,55-,56+,57+/m1/s1. The Kier molecular flexibility index (Phi) is 17.5. The summed E-state index contributed by atoms with van der Waals surface area (Å²) in [5, 5.41) is 0. The first-order valence-corrected chi connectivity index (χ1v) is 27.8. The molecule has 0 bridgehead atoms. The minimum absolute atomic E-state index is 0.146. The Bertz CT molecular complexity index is 2910. The van der Waals surface area contributed by atoms with Gasteiger partial charge in [0.15, 0.2) is 18.3 Å². The zero-order chi connectivity index (χ0) is 53.3. The van der Waals surface area contributed by atoms with E-state index in [1.807, 2.05) is 84.9 Å². The molecule has 0 aromatic heterocycles. The second-order valence-corrected chi connectivity index (χ2v) is 24.1. The van der Waals surface area contributed by atoms with Gasteiger partial charge in [-0.25, -0.2) is 4.39 Å². The predicted octanol–water partition coefficient (Wildman–Crippen LogP) is 9.89. The minimum atomic E-state index is -1.68. The lowest BCUT2D eigenvalue weighted by atomic mass is 9.77. The van der Waals surface area contributed by atoms with E-state index in [2.05, 4.69) is 31.1 Å². The van der Waals surface area contributed by atoms with E-state index >= 15 is 0 Å². The van der Waals surface area contributed by atoms with Crippen molar-refractivity contribution in [2.24, 2.45) is 5.92 Å². The number of β-lactam (4-membered cyclic amide) rings is 1. The van der Waals surface area contributed by atoms with Gasteiger partial charge in [-0.3, -0.25) is 28.8 Å². The van der Waals surface area contributed by atoms with Gasteiger partial charge in [-0.15, -0.1) is 5.54 Å². The number of anilines is 1. The molecule has 2 aliphatic rings. The summed E-state index contributed by atoms with van der Waals surface area (Å²) in [5.41, 5.74) is 8.91. The number of benzene rings is 5. The summed E-state index contributed by atoms with van der Waals surface area (Å²) in [4.78, 5) is 78.5. The van der Waals surface area contributed by atoms with E-state index in [0.717, 1.165) is 18.1 Å². The van der Waals surface area contributed by atoms with Crippen molar-refractivity contribution < 1.29 is 66.3 Å². The third kappa shape index (κ3) is 13.9. The zero-order valence-electron chi connectivity index (χ0n) is 42.6. The maximum absolute atomic E-state index is 14.6. The molecular formula is C58H60FNO13Si. The molecule has 386 valence electrons. The average Bonchev–Trinajstić information content (AvgIpc) is 3.35. The molecule has 5 aromatic rings. The Labute approximate surface area is 431 Å². The number of carbonyl (C=O) groups is 6. The summed E-state index contributed by atoms with van der Waals surface area (Å²) in [5.74, 6) is -0.778. The molecule has 0 radical (unpaired) electrons. The van der Waals surface area contributed by atoms with Gasteiger partial charge in [0.1, 0.15) is 51.2 Å². The van der Waals surface area contributed by atoms with Gasteiger partial charge in [0, 0.05) is 51.4 Å². The zero-order valence-corrected chi connectivity index (χ0v) is 43.6. The van der Waals surface area contributed by atoms with Gasteiger partial charge in [-0.1, -0.05) is 98.4 Å². The second kappa shape index (κ2) is 24.0. The predicted molar refractivity (Wildman–Crippen MR) is 274 cm³/mol. The van der Waals surface area contributed by atoms with Crippen LogP contribution in [0.15, 0.2) is 121 Å². The highest BCUT2D eigenvalue weighted by Crippen LogP contribution is 2.50. The first kappa shape index (κ1) is 54.2. The van der Waals surface area contributed by atoms with Crippen LogP contribution in [0.3, 0.4) is 0 Å². The van der Waals surface area contributed by atoms with Crippen molar-refractivity contribution in [2.75, 3.05) is 11.5 Å². The highest BCUT2D eigenvalue weighted by atomic mass is 28.3. The largest absolute Gasteiger partial charge is 0.489 e. The lowest BCUT2D eigenvalue weighted by Crippen LogP contribution is -2.59. The summed E-state index contributed by atoms with van der Waals surface area (Å²) in [6, 6.07) is 35.3. The molecule has 0 saturated carbocycles. The van der Waals surface area contributed by atoms with E-state index in [9.17, 15) is 33.2 Å². The van der Waals surface area contributed by atoms with Crippen molar-refractivity contribution in [2.45, 2.75) is 116 Å². The van der Waals surface area contributed by atoms with Crippen molar-refractivity contribution in [3.8, 4) is 28.3 Å². The van der Waals surface area contributed by atoms with Crippen LogP contribution in [0.1, 0.15) is 93.5 Å². The molecule has 0 unspecified atom stereocenters. The van der Waals surface area contributed by atoms with E-state index in [4.69, 9.17) is 33.2 Å². The molecule has 5 aromatic carbocycles. The average molecular weight is 1030 g/mol. The fraction of sp³-hybridized carbons (Fsp3) is 0.345. The van der Waals surface area contributed by atoms with Gasteiger partial charge in [0.05, 0.1) is 12.0 Å². The number of ether oxygens (including phenoxy) is 7. The topological polar surface area (TPSA) is 170 Å². The normalized spacial score (nSPS) is 20.6. The molecule has 0 N–H and O–H groups in total. The van der Waals surface area contributed by atoms with Gasteiger partial charge in [0.2, 0.25) is 5.91 Å². The number of esters is 5. The van der Waals surface area contributed by atoms with Gasteiger partial charge in [-0.2, -0.15) is 0 Å². The van der Waals surface area contributed by atoms with Crippen LogP contribution < -0.4 is 9.64 Å². The lowest BCUT2D eigenvalue weighted by molar-refractivity contribution is -0.254. The molecule has 2 aliphatic heterocycles. The van der Waals surface area contributed by atoms with Crippen LogP contribution in [0.4, 0.5) is 10.1 Å². The number of nitrogens with zero attached hydrogens (tertiary/aromatic N) is 1. The molecular weight excluding hydrogens is 966 g/mol. The Morgan fingerprint density at radius 1 is 0.703 bits per heavy atom. The molecule has 2 fully saturated rings. The maximum Gasteiger partial charge on any atom is 0.303 e. The molecule has 1 amide bonds. The van der Waals surface area contributed by atoms with Crippen LogP contribution in [-0.4, -0.2) is 74.9 Å². The molecule has 0 spiro atoms. The molecule has 0 aliphatic carbocycles. The third-order valence-corrected chi connectivity index (χ3v) is 13.2. The Morgan fingerprint density at radius 2 is 1.35 bits per heavy atom. The first-order valence-electron chi connectivity index (χ1n) is 24.3. The molecule has 74 heavy (non-hydrogen) atoms. The van der Waals surface area contributed by atoms with Crippen LogP contribution in [0.2, 0.25) is 19.6 Å². The van der Waals surface area contributed by atoms with Crippen LogP contribution in [0.5, 0.6) is 5.75 Å². The summed E-state index contributed by atoms with van der Waals surface area (Å²) in [7, 11) is -1.68. The van der Waals surface area contributed by atoms with Crippen LogP contribution in [0, 0.1) is 23.2 Å². The van der Waals surface area contributed by atoms with E-state index in [1.54, 1.807) is 29.2 Å². The van der Waals surface area contributed by atoms with E-state index in [1.165, 1.54) is 39.8 Å². The summed E-state index contributed by atoms with van der Waals surface area (Å²) in [6.45, 7) is 12.3. The summed E-state index contributed by atoms with van der Waals surface area (Å²) in [6.07, 6.45) is -6.47. The van der Waals surface area contributed by atoms with Crippen molar-refractivity contribution in [1.82, 2.24) is 0 Å². The lowest BCUT2D eigenvalue weighted by Gasteiger charge is -2.48. The van der Waals surface area contributed by atoms with E-state index in [-0.39, 0.29) is 25.5 Å². The fourth-order valence-corrected chi connectivity index (χ4v) is 9.67. The highest BCUT2D eigenvalue weighted by molar-refractivity contribution is 6.83. The Hall–Kier alpha value is -7.61. The molecule has 14 nitrogen and oxygen atoms in total. The number of hydrogen-bond acceptors (Lipinski definition) is 13. The van der Waals surface area contributed by atoms with Crippen molar-refractivity contribution in [1.29, 1.82) is 0 Å². The van der Waals surface area contributed by atoms with E-state index in [0.29, 0.717) is 45.7 Å². The van der Waals surface area contributed by atoms with Gasteiger partial charge in [-0.05, 0) is 89.2 Å². The van der Waals surface area contributed by atoms with Crippen molar-refractivity contribution in [3.63, 3.8) is 0 Å². The van der Waals surface area contributed by atoms with Crippen molar-refractivity contribution >= 4 is 49.5 Å². The number of carbonyl (C=O) groups excluding carboxylic acids is 6. The third-order valence-electron chi connectivity index (χ3n) is 12.3. The fourth-order valence-electron chi connectivity index (χ4n) is 9.15. The summed E-state index contributed by atoms with van der Waals surface area (Å²) < 4.78 is 55.5. The number of rotatable bonds is 17. The SMILES string of the molecule is CC(=O)OC[C@H]1O[C@@H](c2cccc(-c3ccc([C@@H]4[C@@H](CC[C@H](OC(C)=O)c5ccc(F)cc5)C(=O)N4c4ccc(C#C[Si](C)(C)C)cc4)c(OCc4ccccc4)c3)c2)[C@H](OC(C)=O)[C@@H](OC(C)=O)[C@@H]1OC(C)=O. The van der Waals surface area contributed by atoms with Gasteiger partial charge in [0.25, 0.3) is 0 Å². The number of amides is 1. The molecule has 16 heteroatoms. The second-order valence-electron chi connectivity index (χ2n) is 19.3. The number of halogens is 1. The quantitative estimate of drug-likeness (QED) is 0.0284. The monoisotopic (exact) mass is 1030 g/mol. The smallest absolute Gasteiger partial charge is 0.303 e. The number of hydrogen-bond donors (Lipinski definition) is 0. The van der Waals surface area contributed by atoms with Crippen LogP contribution in [0.25, 0.3) is 11.1 Å². The molecule has 7 rings (SSSR count). The van der Waals surface area contributed by atoms with Gasteiger partial charge >= 0.3 is 29.8 Å². The Balaban J connectivity index is 1.31.